The van der Waals surface area contributed by atoms with Crippen molar-refractivity contribution in [2.75, 3.05) is 9.80 Å². The first kappa shape index (κ1) is 33.9. The zero-order valence-corrected chi connectivity index (χ0v) is 32.8. The molecule has 3 heteroatoms. The highest BCUT2D eigenvalue weighted by molar-refractivity contribution is 6.26. The van der Waals surface area contributed by atoms with Crippen LogP contribution < -0.4 is 9.80 Å². The average molecular weight is 744 g/mol. The van der Waals surface area contributed by atoms with Gasteiger partial charge in [0.1, 0.15) is 0 Å². The third kappa shape index (κ3) is 5.50. The molecule has 0 fully saturated rings. The summed E-state index contributed by atoms with van der Waals surface area (Å²) >= 11 is 0. The van der Waals surface area contributed by atoms with Crippen LogP contribution in [0.4, 0.5) is 34.1 Å². The van der Waals surface area contributed by atoms with E-state index in [1.54, 1.807) is 0 Å². The van der Waals surface area contributed by atoms with Crippen molar-refractivity contribution in [2.24, 2.45) is 0 Å². The molecule has 0 N–H and O–H groups in total. The van der Waals surface area contributed by atoms with Gasteiger partial charge in [0.15, 0.2) is 0 Å². The molecule has 1 heterocycles. The topological polar surface area (TPSA) is 11.4 Å². The van der Waals surface area contributed by atoms with Gasteiger partial charge in [-0.05, 0) is 133 Å². The van der Waals surface area contributed by atoms with E-state index in [9.17, 15) is 0 Å². The maximum Gasteiger partial charge on any atom is 0.0541 e. The summed E-state index contributed by atoms with van der Waals surface area (Å²) in [6, 6.07) is 71.6. The molecule has 0 radical (unpaired) electrons. The van der Waals surface area contributed by atoms with E-state index in [0.29, 0.717) is 0 Å². The minimum absolute atomic E-state index is 1.10. The highest BCUT2D eigenvalue weighted by atomic mass is 15.2. The van der Waals surface area contributed by atoms with Gasteiger partial charge in [0.05, 0.1) is 16.7 Å². The van der Waals surface area contributed by atoms with Crippen molar-refractivity contribution < 1.29 is 0 Å². The van der Waals surface area contributed by atoms with E-state index in [2.05, 4.69) is 229 Å². The maximum absolute atomic E-state index is 2.44. The normalized spacial score (nSPS) is 11.7. The summed E-state index contributed by atoms with van der Waals surface area (Å²) < 4.78 is 2.40. The molecule has 276 valence electrons. The van der Waals surface area contributed by atoms with Crippen molar-refractivity contribution >= 4 is 88.2 Å². The molecule has 0 aliphatic rings. The van der Waals surface area contributed by atoms with E-state index in [1.165, 1.54) is 70.8 Å². The number of hydrogen-bond donors (Lipinski definition) is 0. The Bertz CT molecular complexity index is 3180. The lowest BCUT2D eigenvalue weighted by molar-refractivity contribution is 1.17. The first-order valence-corrected chi connectivity index (χ1v) is 20.1. The van der Waals surface area contributed by atoms with Gasteiger partial charge in [-0.25, -0.2) is 0 Å². The highest BCUT2D eigenvalue weighted by Crippen LogP contribution is 2.46. The second-order valence-electron chi connectivity index (χ2n) is 15.7. The first-order chi connectivity index (χ1) is 28.5. The molecule has 0 amide bonds. The number of hydrogen-bond acceptors (Lipinski definition) is 2. The second-order valence-corrected chi connectivity index (χ2v) is 15.7. The smallest absolute Gasteiger partial charge is 0.0541 e. The highest BCUT2D eigenvalue weighted by Gasteiger charge is 2.21. The summed E-state index contributed by atoms with van der Waals surface area (Å²) in [5, 5.41) is 10.00. The van der Waals surface area contributed by atoms with Gasteiger partial charge in [0.25, 0.3) is 0 Å². The van der Waals surface area contributed by atoms with Gasteiger partial charge in [-0.3, -0.25) is 0 Å². The number of nitrogens with zero attached hydrogens (tertiary/aromatic N) is 3. The summed E-state index contributed by atoms with van der Waals surface area (Å²) in [5.74, 6) is 0. The van der Waals surface area contributed by atoms with Crippen molar-refractivity contribution in [3.05, 3.63) is 211 Å². The minimum Gasteiger partial charge on any atom is -0.310 e. The SMILES string of the molecule is Cc1ccc(N(c2ccc(C)cc2)c2cc3ccc4ccc(N(c5ccc(C)cc5)c5cccc(-n6c7ccccc7c7ccccc76)c5)c5ccc(c2)c3c45)cc1. The lowest BCUT2D eigenvalue weighted by Gasteiger charge is -2.29. The molecule has 0 aliphatic carbocycles. The van der Waals surface area contributed by atoms with Crippen molar-refractivity contribution in [1.29, 1.82) is 0 Å². The fourth-order valence-electron chi connectivity index (χ4n) is 9.04. The standard InChI is InChI=1S/C55H41N3/c1-36-15-25-42(26-16-36)56(43-27-17-37(2)18-28-43)47-33-40-22-21-39-24-32-53(50-31-23-41(34-47)54(40)55(39)50)57(44-29-19-38(3)20-30-44)45-9-8-10-46(35-45)58-51-13-6-4-11-48(51)49-12-5-7-14-52(49)58/h4-35H,1-3H3. The van der Waals surface area contributed by atoms with Gasteiger partial charge < -0.3 is 14.4 Å². The molecular weight excluding hydrogens is 703 g/mol. The second kappa shape index (κ2) is 13.4. The molecule has 0 atom stereocenters. The lowest BCUT2D eigenvalue weighted by atomic mass is 9.92. The van der Waals surface area contributed by atoms with Gasteiger partial charge >= 0.3 is 0 Å². The molecular formula is C55H41N3. The van der Waals surface area contributed by atoms with E-state index >= 15 is 0 Å². The zero-order valence-electron chi connectivity index (χ0n) is 32.8. The van der Waals surface area contributed by atoms with Gasteiger partial charge in [-0.15, -0.1) is 0 Å². The summed E-state index contributed by atoms with van der Waals surface area (Å²) in [6.07, 6.45) is 0. The maximum atomic E-state index is 2.44. The zero-order chi connectivity index (χ0) is 38.9. The number of benzene rings is 10. The number of para-hydroxylation sites is 2. The molecule has 10 aromatic carbocycles. The Balaban J connectivity index is 1.11. The molecule has 58 heavy (non-hydrogen) atoms. The average Bonchev–Trinajstić information content (AvgIpc) is 3.60. The largest absolute Gasteiger partial charge is 0.310 e. The van der Waals surface area contributed by atoms with Crippen LogP contribution in [-0.2, 0) is 0 Å². The molecule has 0 bridgehead atoms. The number of fused-ring (bicyclic) bond motifs is 3. The van der Waals surface area contributed by atoms with Crippen LogP contribution in [0.3, 0.4) is 0 Å². The van der Waals surface area contributed by atoms with E-state index in [4.69, 9.17) is 0 Å². The van der Waals surface area contributed by atoms with Crippen molar-refractivity contribution in [3.8, 4) is 5.69 Å². The number of rotatable bonds is 7. The number of aryl methyl sites for hydroxylation is 3. The van der Waals surface area contributed by atoms with Crippen molar-refractivity contribution in [2.45, 2.75) is 20.8 Å². The van der Waals surface area contributed by atoms with Crippen LogP contribution >= 0.6 is 0 Å². The Labute approximate surface area is 338 Å². The van der Waals surface area contributed by atoms with Gasteiger partial charge in [0.2, 0.25) is 0 Å². The molecule has 1 aromatic heterocycles. The molecule has 0 aliphatic heterocycles. The molecule has 11 aromatic rings. The third-order valence-electron chi connectivity index (χ3n) is 11.9. The summed E-state index contributed by atoms with van der Waals surface area (Å²) in [7, 11) is 0. The Morgan fingerprint density at radius 2 is 0.828 bits per heavy atom. The fourth-order valence-corrected chi connectivity index (χ4v) is 9.04. The Morgan fingerprint density at radius 3 is 1.41 bits per heavy atom. The number of aromatic nitrogens is 1. The van der Waals surface area contributed by atoms with Gasteiger partial charge in [0, 0.05) is 50.3 Å². The molecule has 3 nitrogen and oxygen atoms in total. The Kier molecular flexibility index (Phi) is 7.84. The van der Waals surface area contributed by atoms with Crippen LogP contribution in [0.1, 0.15) is 16.7 Å². The third-order valence-corrected chi connectivity index (χ3v) is 11.9. The van der Waals surface area contributed by atoms with Crippen LogP contribution in [0.25, 0.3) is 59.8 Å². The minimum atomic E-state index is 1.10. The van der Waals surface area contributed by atoms with Crippen LogP contribution in [-0.4, -0.2) is 4.57 Å². The van der Waals surface area contributed by atoms with Crippen LogP contribution in [0.2, 0.25) is 0 Å². The first-order valence-electron chi connectivity index (χ1n) is 20.1. The number of anilines is 6. The summed E-state index contributed by atoms with van der Waals surface area (Å²) in [4.78, 5) is 4.81. The molecule has 11 rings (SSSR count). The van der Waals surface area contributed by atoms with E-state index in [0.717, 1.165) is 39.8 Å². The van der Waals surface area contributed by atoms with Crippen LogP contribution in [0, 0.1) is 20.8 Å². The summed E-state index contributed by atoms with van der Waals surface area (Å²) in [5.41, 5.74) is 14.1. The van der Waals surface area contributed by atoms with Crippen LogP contribution in [0.15, 0.2) is 194 Å². The van der Waals surface area contributed by atoms with E-state index in [-0.39, 0.29) is 0 Å². The molecule has 0 saturated heterocycles. The van der Waals surface area contributed by atoms with E-state index < -0.39 is 0 Å². The van der Waals surface area contributed by atoms with E-state index in [1.807, 2.05) is 0 Å². The molecule has 0 saturated carbocycles. The van der Waals surface area contributed by atoms with Gasteiger partial charge in [-0.1, -0.05) is 126 Å². The van der Waals surface area contributed by atoms with Crippen LogP contribution in [0.5, 0.6) is 0 Å². The fraction of sp³-hybridized carbons (Fsp3) is 0.0545. The Hall–Kier alpha value is -7.36. The quantitative estimate of drug-likeness (QED) is 0.151. The van der Waals surface area contributed by atoms with Crippen molar-refractivity contribution in [1.82, 2.24) is 4.57 Å². The predicted molar refractivity (Wildman–Crippen MR) is 248 cm³/mol. The lowest BCUT2D eigenvalue weighted by Crippen LogP contribution is -2.11. The summed E-state index contributed by atoms with van der Waals surface area (Å²) in [6.45, 7) is 6.44. The van der Waals surface area contributed by atoms with Crippen molar-refractivity contribution in [3.63, 3.8) is 0 Å². The molecule has 0 unspecified atom stereocenters. The predicted octanol–water partition coefficient (Wildman–Crippen LogP) is 15.5. The monoisotopic (exact) mass is 743 g/mol. The Morgan fingerprint density at radius 1 is 0.328 bits per heavy atom. The molecule has 0 spiro atoms. The van der Waals surface area contributed by atoms with Gasteiger partial charge in [-0.2, -0.15) is 0 Å².